The van der Waals surface area contributed by atoms with Gasteiger partial charge >= 0.3 is 5.17 Å². The summed E-state index contributed by atoms with van der Waals surface area (Å²) in [5, 5.41) is 12.5. The highest BCUT2D eigenvalue weighted by Crippen LogP contribution is 2.38. The predicted octanol–water partition coefficient (Wildman–Crippen LogP) is 3.01. The lowest BCUT2D eigenvalue weighted by atomic mass is 10.0. The summed E-state index contributed by atoms with van der Waals surface area (Å²) >= 11 is 1.71. The first kappa shape index (κ1) is 16.4. The number of hydrogen-bond donors (Lipinski definition) is 1. The first-order chi connectivity index (χ1) is 12.1. The second-order valence-electron chi connectivity index (χ2n) is 6.22. The molecule has 0 aliphatic carbocycles. The van der Waals surface area contributed by atoms with Gasteiger partial charge in [-0.3, -0.25) is 0 Å². The molecular weight excluding hydrogens is 339 g/mol. The number of anilines is 1. The number of rotatable bonds is 3. The van der Waals surface area contributed by atoms with Crippen LogP contribution in [0.4, 0.5) is 10.1 Å². The molecule has 1 atom stereocenters. The molecule has 25 heavy (non-hydrogen) atoms. The Bertz CT molecular complexity index is 827. The van der Waals surface area contributed by atoms with Gasteiger partial charge in [0.05, 0.1) is 19.2 Å². The van der Waals surface area contributed by atoms with Gasteiger partial charge < -0.3 is 9.84 Å². The SMILES string of the molecule is COc1ccc(C2(O)CN(c3ccccc3)C3=[N+]2CCCS3)c(F)c1. The summed E-state index contributed by atoms with van der Waals surface area (Å²) in [4.78, 5) is 2.08. The molecule has 0 spiro atoms. The lowest BCUT2D eigenvalue weighted by molar-refractivity contribution is -0.657. The van der Waals surface area contributed by atoms with E-state index in [1.54, 1.807) is 23.9 Å². The second-order valence-corrected chi connectivity index (χ2v) is 7.28. The molecule has 2 aliphatic heterocycles. The largest absolute Gasteiger partial charge is 0.497 e. The summed E-state index contributed by atoms with van der Waals surface area (Å²) in [6, 6.07) is 14.6. The van der Waals surface area contributed by atoms with E-state index < -0.39 is 11.5 Å². The standard InChI is InChI=1S/C19H20FN2O2S/c1-24-15-8-9-16(17(20)12-15)19(23)13-21(14-6-3-2-4-7-14)18-22(19)10-5-11-25-18/h2-4,6-9,12,23H,5,10-11,13H2,1H3/q+1. The molecular formula is C19H20FN2O2S+. The van der Waals surface area contributed by atoms with Gasteiger partial charge in [0.2, 0.25) is 0 Å². The molecule has 0 amide bonds. The van der Waals surface area contributed by atoms with E-state index in [9.17, 15) is 9.50 Å². The Morgan fingerprint density at radius 2 is 2.04 bits per heavy atom. The third-order valence-electron chi connectivity index (χ3n) is 4.72. The fraction of sp³-hybridized carbons (Fsp3) is 0.316. The Kier molecular flexibility index (Phi) is 4.17. The van der Waals surface area contributed by atoms with Crippen LogP contribution in [0.25, 0.3) is 0 Å². The maximum absolute atomic E-state index is 14.7. The van der Waals surface area contributed by atoms with Crippen LogP contribution in [0, 0.1) is 5.82 Å². The number of nitrogens with zero attached hydrogens (tertiary/aromatic N) is 2. The zero-order chi connectivity index (χ0) is 17.4. The number of aliphatic hydroxyl groups is 1. The van der Waals surface area contributed by atoms with Gasteiger partial charge in [-0.05, 0) is 42.4 Å². The molecule has 2 heterocycles. The molecule has 0 fully saturated rings. The Hall–Kier alpha value is -2.05. The molecule has 0 radical (unpaired) electrons. The molecule has 1 unspecified atom stereocenters. The third-order valence-corrected chi connectivity index (χ3v) is 5.91. The van der Waals surface area contributed by atoms with Crippen molar-refractivity contribution in [2.75, 3.05) is 30.9 Å². The van der Waals surface area contributed by atoms with E-state index in [0.29, 0.717) is 18.8 Å². The maximum atomic E-state index is 14.7. The number of β-amino-alcohol motifs (C(OH)–C–C–N with tert-alkyl or cyclic N) is 1. The molecule has 4 nitrogen and oxygen atoms in total. The lowest BCUT2D eigenvalue weighted by Gasteiger charge is -2.24. The van der Waals surface area contributed by atoms with Crippen LogP contribution in [-0.4, -0.2) is 40.8 Å². The van der Waals surface area contributed by atoms with Crippen LogP contribution in [0.3, 0.4) is 0 Å². The Labute approximate surface area is 150 Å². The molecule has 6 heteroatoms. The second kappa shape index (κ2) is 6.35. The van der Waals surface area contributed by atoms with Crippen molar-refractivity contribution >= 4 is 22.6 Å². The van der Waals surface area contributed by atoms with Crippen molar-refractivity contribution in [1.82, 2.24) is 0 Å². The highest BCUT2D eigenvalue weighted by Gasteiger charge is 2.54. The Morgan fingerprint density at radius 1 is 1.24 bits per heavy atom. The molecule has 130 valence electrons. The molecule has 1 N–H and O–H groups in total. The van der Waals surface area contributed by atoms with Crippen molar-refractivity contribution in [2.24, 2.45) is 0 Å². The first-order valence-corrected chi connectivity index (χ1v) is 9.28. The van der Waals surface area contributed by atoms with Crippen LogP contribution in [-0.2, 0) is 5.72 Å². The van der Waals surface area contributed by atoms with Gasteiger partial charge in [-0.2, -0.15) is 0 Å². The summed E-state index contributed by atoms with van der Waals surface area (Å²) in [7, 11) is 1.50. The van der Waals surface area contributed by atoms with Crippen LogP contribution >= 0.6 is 11.8 Å². The van der Waals surface area contributed by atoms with Crippen molar-refractivity contribution in [3.05, 3.63) is 59.9 Å². The summed E-state index contributed by atoms with van der Waals surface area (Å²) < 4.78 is 21.7. The van der Waals surface area contributed by atoms with E-state index in [0.717, 1.165) is 23.0 Å². The maximum Gasteiger partial charge on any atom is 0.316 e. The van der Waals surface area contributed by atoms with E-state index >= 15 is 0 Å². The monoisotopic (exact) mass is 359 g/mol. The number of benzene rings is 2. The molecule has 2 aliphatic rings. The summed E-state index contributed by atoms with van der Waals surface area (Å²) in [6.07, 6.45) is 0.955. The van der Waals surface area contributed by atoms with Crippen molar-refractivity contribution in [3.63, 3.8) is 0 Å². The topological polar surface area (TPSA) is 35.7 Å². The van der Waals surface area contributed by atoms with Crippen LogP contribution < -0.4 is 9.64 Å². The number of para-hydroxylation sites is 1. The van der Waals surface area contributed by atoms with Gasteiger partial charge in [0.1, 0.15) is 17.3 Å². The van der Waals surface area contributed by atoms with E-state index in [2.05, 4.69) is 4.90 Å². The minimum absolute atomic E-state index is 0.284. The van der Waals surface area contributed by atoms with Gasteiger partial charge in [0.25, 0.3) is 5.72 Å². The lowest BCUT2D eigenvalue weighted by Crippen LogP contribution is -2.42. The van der Waals surface area contributed by atoms with Crippen LogP contribution in [0.2, 0.25) is 0 Å². The molecule has 0 saturated carbocycles. The van der Waals surface area contributed by atoms with Gasteiger partial charge in [0.15, 0.2) is 6.54 Å². The smallest absolute Gasteiger partial charge is 0.316 e. The summed E-state index contributed by atoms with van der Waals surface area (Å²) in [5.41, 5.74) is -0.108. The average Bonchev–Trinajstić information content (AvgIpc) is 2.96. The minimum Gasteiger partial charge on any atom is -0.497 e. The normalized spacial score (nSPS) is 22.9. The number of hydrogen-bond acceptors (Lipinski definition) is 4. The van der Waals surface area contributed by atoms with E-state index in [4.69, 9.17) is 4.74 Å². The van der Waals surface area contributed by atoms with Crippen LogP contribution in [0.1, 0.15) is 12.0 Å². The highest BCUT2D eigenvalue weighted by molar-refractivity contribution is 8.13. The van der Waals surface area contributed by atoms with E-state index in [1.165, 1.54) is 13.2 Å². The zero-order valence-corrected chi connectivity index (χ0v) is 14.8. The molecule has 0 bridgehead atoms. The molecule has 0 aromatic heterocycles. The quantitative estimate of drug-likeness (QED) is 0.855. The molecule has 2 aromatic carbocycles. The zero-order valence-electron chi connectivity index (χ0n) is 14.0. The van der Waals surface area contributed by atoms with Gasteiger partial charge in [0, 0.05) is 11.8 Å². The van der Waals surface area contributed by atoms with Crippen molar-refractivity contribution in [3.8, 4) is 5.75 Å². The van der Waals surface area contributed by atoms with Gasteiger partial charge in [-0.15, -0.1) is 0 Å². The minimum atomic E-state index is -1.39. The third kappa shape index (κ3) is 2.69. The highest BCUT2D eigenvalue weighted by atomic mass is 32.2. The summed E-state index contributed by atoms with van der Waals surface area (Å²) in [6.45, 7) is 0.996. The molecule has 0 saturated heterocycles. The number of amidine groups is 1. The number of thioether (sulfide) groups is 1. The fourth-order valence-corrected chi connectivity index (χ4v) is 4.67. The number of ether oxygens (including phenoxy) is 1. The Balaban J connectivity index is 1.81. The molecule has 4 rings (SSSR count). The van der Waals surface area contributed by atoms with Gasteiger partial charge in [-0.1, -0.05) is 18.2 Å². The van der Waals surface area contributed by atoms with Crippen molar-refractivity contribution in [1.29, 1.82) is 0 Å². The van der Waals surface area contributed by atoms with Crippen molar-refractivity contribution in [2.45, 2.75) is 12.1 Å². The number of methoxy groups -OCH3 is 1. The fourth-order valence-electron chi connectivity index (χ4n) is 3.49. The van der Waals surface area contributed by atoms with E-state index in [1.807, 2.05) is 34.9 Å². The van der Waals surface area contributed by atoms with Crippen LogP contribution in [0.15, 0.2) is 48.5 Å². The van der Waals surface area contributed by atoms with Crippen molar-refractivity contribution < 1.29 is 18.8 Å². The first-order valence-electron chi connectivity index (χ1n) is 8.30. The predicted molar refractivity (Wildman–Crippen MR) is 97.8 cm³/mol. The molecule has 2 aromatic rings. The Morgan fingerprint density at radius 3 is 2.76 bits per heavy atom. The number of halogens is 1. The average molecular weight is 359 g/mol. The summed E-state index contributed by atoms with van der Waals surface area (Å²) in [5.74, 6) is 0.989. The van der Waals surface area contributed by atoms with Crippen LogP contribution in [0.5, 0.6) is 5.75 Å². The van der Waals surface area contributed by atoms with E-state index in [-0.39, 0.29) is 5.56 Å². The van der Waals surface area contributed by atoms with Gasteiger partial charge in [-0.25, -0.2) is 13.9 Å².